The van der Waals surface area contributed by atoms with Crippen LogP contribution < -0.4 is 25.0 Å². The third-order valence-electron chi connectivity index (χ3n) is 7.56. The smallest absolute Gasteiger partial charge is 0.290 e. The number of nitrogens with one attached hydrogen (secondary N) is 3. The van der Waals surface area contributed by atoms with Crippen molar-refractivity contribution in [3.05, 3.63) is 89.0 Å². The van der Waals surface area contributed by atoms with Crippen molar-refractivity contribution in [1.82, 2.24) is 10.6 Å². The molecule has 0 saturated carbocycles. The Kier molecular flexibility index (Phi) is 13.7. The van der Waals surface area contributed by atoms with E-state index in [1.807, 2.05) is 62.4 Å². The number of sulfonamides is 1. The molecule has 5 N–H and O–H groups in total. The van der Waals surface area contributed by atoms with Gasteiger partial charge in [0.1, 0.15) is 5.75 Å². The second-order valence-electron chi connectivity index (χ2n) is 10.7. The number of aliphatic hydroxyl groups excluding tert-OH is 1. The van der Waals surface area contributed by atoms with Crippen molar-refractivity contribution in [2.45, 2.75) is 51.8 Å². The van der Waals surface area contributed by atoms with Gasteiger partial charge in [-0.15, -0.1) is 0 Å². The first-order valence-corrected chi connectivity index (χ1v) is 16.6. The number of nitrogens with zero attached hydrogens (tertiary/aromatic N) is 1. The summed E-state index contributed by atoms with van der Waals surface area (Å²) in [6.45, 7) is 5.47. The summed E-state index contributed by atoms with van der Waals surface area (Å²) in [5.41, 5.74) is 4.53. The molecule has 244 valence electrons. The van der Waals surface area contributed by atoms with Crippen LogP contribution in [0.4, 0.5) is 11.4 Å². The molecule has 45 heavy (non-hydrogen) atoms. The van der Waals surface area contributed by atoms with Crippen LogP contribution in [0.5, 0.6) is 5.75 Å². The fourth-order valence-corrected chi connectivity index (χ4v) is 6.87. The van der Waals surface area contributed by atoms with Crippen LogP contribution in [-0.4, -0.2) is 75.7 Å². The van der Waals surface area contributed by atoms with E-state index in [0.29, 0.717) is 49.4 Å². The van der Waals surface area contributed by atoms with Crippen molar-refractivity contribution < 1.29 is 33.0 Å². The van der Waals surface area contributed by atoms with Crippen LogP contribution in [0.3, 0.4) is 0 Å². The van der Waals surface area contributed by atoms with Crippen LogP contribution in [0.1, 0.15) is 46.8 Å². The molecule has 4 rings (SSSR count). The molecule has 1 amide bonds. The first-order chi connectivity index (χ1) is 21.6. The summed E-state index contributed by atoms with van der Waals surface area (Å²) in [5, 5.41) is 27.7. The molecule has 0 spiro atoms. The fourth-order valence-electron chi connectivity index (χ4n) is 5.24. The molecule has 0 bridgehead atoms. The van der Waals surface area contributed by atoms with Gasteiger partial charge < -0.3 is 30.9 Å². The van der Waals surface area contributed by atoms with E-state index in [1.54, 1.807) is 25.3 Å². The minimum atomic E-state index is -3.45. The molecular weight excluding hydrogens is 596 g/mol. The minimum absolute atomic E-state index is 0.0909. The number of methoxy groups -OCH3 is 1. The molecule has 3 aromatic rings. The number of anilines is 2. The predicted molar refractivity (Wildman–Crippen MR) is 177 cm³/mol. The molecule has 3 aromatic carbocycles. The highest BCUT2D eigenvalue weighted by molar-refractivity contribution is 7.92. The average Bonchev–Trinajstić information content (AvgIpc) is 3.02. The first-order valence-electron chi connectivity index (χ1n) is 15.0. The van der Waals surface area contributed by atoms with E-state index in [0.717, 1.165) is 28.9 Å². The number of hydrogen-bond donors (Lipinski definition) is 5. The van der Waals surface area contributed by atoms with Gasteiger partial charge in [-0.1, -0.05) is 42.5 Å². The SMILES string of the molecule is CCNc1cc(C(=O)N[C@@H](Cc2ccccc2)[C@H](O)CNCc2cccc(OC)c2C)cc(N2CCCCS2(=O)=O)c1.O=CO. The lowest BCUT2D eigenvalue weighted by molar-refractivity contribution is -0.122. The molecule has 2 atom stereocenters. The van der Waals surface area contributed by atoms with Gasteiger partial charge in [0.25, 0.3) is 12.4 Å². The number of aliphatic hydroxyl groups is 1. The zero-order chi connectivity index (χ0) is 32.8. The van der Waals surface area contributed by atoms with E-state index in [4.69, 9.17) is 14.6 Å². The van der Waals surface area contributed by atoms with Crippen molar-refractivity contribution in [3.63, 3.8) is 0 Å². The number of carboxylic acid groups (broad SMARTS) is 1. The van der Waals surface area contributed by atoms with Crippen LogP contribution >= 0.6 is 0 Å². The van der Waals surface area contributed by atoms with E-state index < -0.39 is 22.2 Å². The van der Waals surface area contributed by atoms with Crippen LogP contribution in [0.2, 0.25) is 0 Å². The zero-order valence-electron chi connectivity index (χ0n) is 26.0. The molecule has 1 fully saturated rings. The van der Waals surface area contributed by atoms with Crippen LogP contribution in [-0.2, 0) is 27.8 Å². The Hall–Kier alpha value is -4.13. The molecule has 0 aromatic heterocycles. The van der Waals surface area contributed by atoms with Crippen molar-refractivity contribution >= 4 is 33.8 Å². The monoisotopic (exact) mass is 640 g/mol. The highest BCUT2D eigenvalue weighted by atomic mass is 32.2. The quantitative estimate of drug-likeness (QED) is 0.176. The average molecular weight is 641 g/mol. The number of ether oxygens (including phenoxy) is 1. The summed E-state index contributed by atoms with van der Waals surface area (Å²) in [5.74, 6) is 0.516. The molecular formula is C33H44N4O7S. The van der Waals surface area contributed by atoms with E-state index in [9.17, 15) is 18.3 Å². The number of carbonyl (C=O) groups is 2. The number of carbonyl (C=O) groups excluding carboxylic acids is 1. The van der Waals surface area contributed by atoms with Crippen LogP contribution in [0.25, 0.3) is 0 Å². The van der Waals surface area contributed by atoms with Gasteiger partial charge in [-0.2, -0.15) is 0 Å². The van der Waals surface area contributed by atoms with Gasteiger partial charge in [0.2, 0.25) is 10.0 Å². The Bertz CT molecular complexity index is 1500. The third kappa shape index (κ3) is 10.2. The van der Waals surface area contributed by atoms with Crippen LogP contribution in [0, 0.1) is 6.92 Å². The normalized spacial score (nSPS) is 15.2. The second-order valence-corrected chi connectivity index (χ2v) is 12.7. The van der Waals surface area contributed by atoms with E-state index >= 15 is 0 Å². The van der Waals surface area contributed by atoms with Gasteiger partial charge in [0.05, 0.1) is 30.7 Å². The van der Waals surface area contributed by atoms with E-state index in [-0.39, 0.29) is 24.7 Å². The van der Waals surface area contributed by atoms with Gasteiger partial charge in [0.15, 0.2) is 0 Å². The zero-order valence-corrected chi connectivity index (χ0v) is 26.8. The van der Waals surface area contributed by atoms with Crippen molar-refractivity contribution in [1.29, 1.82) is 0 Å². The summed E-state index contributed by atoms with van der Waals surface area (Å²) in [4.78, 5) is 22.0. The summed E-state index contributed by atoms with van der Waals surface area (Å²) < 4.78 is 32.5. The molecule has 0 aliphatic carbocycles. The molecule has 11 nitrogen and oxygen atoms in total. The summed E-state index contributed by atoms with van der Waals surface area (Å²) >= 11 is 0. The van der Waals surface area contributed by atoms with Crippen molar-refractivity contribution in [2.75, 3.05) is 42.1 Å². The Morgan fingerprint density at radius 3 is 2.49 bits per heavy atom. The summed E-state index contributed by atoms with van der Waals surface area (Å²) in [6.07, 6.45) is 0.927. The lowest BCUT2D eigenvalue weighted by Crippen LogP contribution is -2.48. The molecule has 12 heteroatoms. The largest absolute Gasteiger partial charge is 0.496 e. The van der Waals surface area contributed by atoms with Crippen molar-refractivity contribution in [2.24, 2.45) is 0 Å². The first kappa shape index (κ1) is 35.4. The Balaban J connectivity index is 0.00000177. The number of amides is 1. The maximum Gasteiger partial charge on any atom is 0.290 e. The standard InChI is InChI=1S/C32H42N4O5S.CH2O2/c1-4-34-27-18-26(19-28(20-27)36-15-8-9-16-42(36,39)40)32(38)35-29(17-24-11-6-5-7-12-24)30(37)22-33-21-25-13-10-14-31(41-3)23(25)2;2-1-3/h5-7,10-14,18-20,29-30,33-34,37H,4,8-9,15-17,21-22H2,1-3H3,(H,35,38);1H,(H,2,3)/t29-,30+;/m0./s1. The molecule has 1 aliphatic rings. The van der Waals surface area contributed by atoms with E-state index in [1.165, 1.54) is 4.31 Å². The minimum Gasteiger partial charge on any atom is -0.496 e. The van der Waals surface area contributed by atoms with Gasteiger partial charge in [-0.25, -0.2) is 8.42 Å². The van der Waals surface area contributed by atoms with Gasteiger partial charge >= 0.3 is 0 Å². The lowest BCUT2D eigenvalue weighted by atomic mass is 10.00. The topological polar surface area (TPSA) is 157 Å². The predicted octanol–water partition coefficient (Wildman–Crippen LogP) is 3.56. The Morgan fingerprint density at radius 2 is 1.82 bits per heavy atom. The Labute approximate surface area is 265 Å². The highest BCUT2D eigenvalue weighted by Gasteiger charge is 2.28. The Morgan fingerprint density at radius 1 is 1.09 bits per heavy atom. The molecule has 1 heterocycles. The summed E-state index contributed by atoms with van der Waals surface area (Å²) in [6, 6.07) is 20.1. The number of benzene rings is 3. The fraction of sp³-hybridized carbons (Fsp3) is 0.394. The lowest BCUT2D eigenvalue weighted by Gasteiger charge is -2.29. The van der Waals surface area contributed by atoms with E-state index in [2.05, 4.69) is 16.0 Å². The maximum absolute atomic E-state index is 13.7. The number of hydrogen-bond acceptors (Lipinski definition) is 8. The summed E-state index contributed by atoms with van der Waals surface area (Å²) in [7, 11) is -1.81. The molecule has 1 saturated heterocycles. The van der Waals surface area contributed by atoms with Gasteiger partial charge in [0, 0.05) is 37.4 Å². The van der Waals surface area contributed by atoms with Gasteiger partial charge in [-0.3, -0.25) is 13.9 Å². The molecule has 1 aliphatic heterocycles. The van der Waals surface area contributed by atoms with Gasteiger partial charge in [-0.05, 0) is 74.1 Å². The number of rotatable bonds is 13. The molecule has 0 radical (unpaired) electrons. The highest BCUT2D eigenvalue weighted by Crippen LogP contribution is 2.28. The van der Waals surface area contributed by atoms with Crippen molar-refractivity contribution in [3.8, 4) is 5.75 Å². The maximum atomic E-state index is 13.7. The molecule has 0 unspecified atom stereocenters. The third-order valence-corrected chi connectivity index (χ3v) is 9.43. The van der Waals surface area contributed by atoms with Crippen LogP contribution in [0.15, 0.2) is 66.7 Å². The second kappa shape index (κ2) is 17.4.